The SMILES string of the molecule is COc1ccc2c(c1)C(=O)N(C[C@]1(C#Cc3cc(F)cc(F)c3F)NC(=O)NC1=O)C2. The maximum absolute atomic E-state index is 14.0. The summed E-state index contributed by atoms with van der Waals surface area (Å²) in [5, 5.41) is 4.35. The average molecular weight is 429 g/mol. The molecule has 0 unspecified atom stereocenters. The highest BCUT2D eigenvalue weighted by molar-refractivity contribution is 6.10. The Morgan fingerprint density at radius 3 is 2.61 bits per heavy atom. The van der Waals surface area contributed by atoms with Crippen molar-refractivity contribution in [1.82, 2.24) is 15.5 Å². The van der Waals surface area contributed by atoms with Crippen LogP contribution >= 0.6 is 0 Å². The fourth-order valence-electron chi connectivity index (χ4n) is 3.43. The van der Waals surface area contributed by atoms with Crippen molar-refractivity contribution in [2.24, 2.45) is 0 Å². The highest BCUT2D eigenvalue weighted by atomic mass is 19.2. The van der Waals surface area contributed by atoms with Crippen LogP contribution in [0.1, 0.15) is 21.5 Å². The minimum Gasteiger partial charge on any atom is -0.497 e. The van der Waals surface area contributed by atoms with E-state index in [4.69, 9.17) is 4.74 Å². The van der Waals surface area contributed by atoms with Crippen LogP contribution in [-0.4, -0.2) is 41.9 Å². The fourth-order valence-corrected chi connectivity index (χ4v) is 3.43. The molecule has 2 N–H and O–H groups in total. The van der Waals surface area contributed by atoms with E-state index in [1.165, 1.54) is 12.0 Å². The van der Waals surface area contributed by atoms with Gasteiger partial charge in [0.1, 0.15) is 11.6 Å². The Bertz CT molecular complexity index is 1200. The standard InChI is InChI=1S/C21H14F3N3O4/c1-31-14-3-2-12-9-27(18(28)15(12)8-14)10-21(19(29)25-20(30)26-21)5-4-11-6-13(22)7-16(23)17(11)24/h2-3,6-8H,9-10H2,1H3,(H2,25,26,29,30)/t21-/m0/s1. The molecular formula is C21H14F3N3O4. The third-order valence-corrected chi connectivity index (χ3v) is 4.97. The lowest BCUT2D eigenvalue weighted by Crippen LogP contribution is -2.54. The third-order valence-electron chi connectivity index (χ3n) is 4.97. The highest BCUT2D eigenvalue weighted by Gasteiger charge is 2.48. The predicted molar refractivity (Wildman–Crippen MR) is 100 cm³/mol. The monoisotopic (exact) mass is 429 g/mol. The molecule has 158 valence electrons. The van der Waals surface area contributed by atoms with Crippen LogP contribution in [0.5, 0.6) is 5.75 Å². The van der Waals surface area contributed by atoms with Gasteiger partial charge in [0.2, 0.25) is 5.54 Å². The van der Waals surface area contributed by atoms with Crippen LogP contribution < -0.4 is 15.4 Å². The van der Waals surface area contributed by atoms with Crippen LogP contribution in [0.15, 0.2) is 30.3 Å². The van der Waals surface area contributed by atoms with E-state index < -0.39 is 46.4 Å². The largest absolute Gasteiger partial charge is 0.497 e. The number of rotatable bonds is 3. The number of imide groups is 1. The Kier molecular flexibility index (Phi) is 4.81. The quantitative estimate of drug-likeness (QED) is 0.442. The second kappa shape index (κ2) is 7.36. The molecule has 0 aliphatic carbocycles. The summed E-state index contributed by atoms with van der Waals surface area (Å²) in [6.45, 7) is -0.236. The van der Waals surface area contributed by atoms with Gasteiger partial charge < -0.3 is 15.0 Å². The molecule has 0 aromatic heterocycles. The van der Waals surface area contributed by atoms with Crippen molar-refractivity contribution < 1.29 is 32.3 Å². The molecule has 2 aromatic rings. The first-order chi connectivity index (χ1) is 14.7. The first kappa shape index (κ1) is 20.3. The number of nitrogens with one attached hydrogen (secondary N) is 2. The van der Waals surface area contributed by atoms with Gasteiger partial charge in [-0.05, 0) is 23.8 Å². The number of ether oxygens (including phenoxy) is 1. The molecule has 0 spiro atoms. The van der Waals surface area contributed by atoms with Crippen LogP contribution in [0.4, 0.5) is 18.0 Å². The topological polar surface area (TPSA) is 87.7 Å². The minimum atomic E-state index is -1.94. The van der Waals surface area contributed by atoms with Gasteiger partial charge in [-0.15, -0.1) is 0 Å². The van der Waals surface area contributed by atoms with Crippen LogP contribution in [0.2, 0.25) is 0 Å². The second-order valence-electron chi connectivity index (χ2n) is 7.00. The molecule has 2 aromatic carbocycles. The van der Waals surface area contributed by atoms with E-state index >= 15 is 0 Å². The number of fused-ring (bicyclic) bond motifs is 1. The van der Waals surface area contributed by atoms with Gasteiger partial charge in [-0.1, -0.05) is 17.9 Å². The van der Waals surface area contributed by atoms with E-state index in [1.807, 2.05) is 5.32 Å². The Balaban J connectivity index is 1.69. The van der Waals surface area contributed by atoms with Gasteiger partial charge in [0.05, 0.1) is 19.2 Å². The van der Waals surface area contributed by atoms with Gasteiger partial charge in [-0.3, -0.25) is 14.9 Å². The number of methoxy groups -OCH3 is 1. The number of carbonyl (C=O) groups excluding carboxylic acids is 3. The molecule has 0 saturated carbocycles. The number of urea groups is 1. The Labute approximate surface area is 174 Å². The molecule has 7 nitrogen and oxygen atoms in total. The van der Waals surface area contributed by atoms with E-state index in [1.54, 1.807) is 18.2 Å². The molecule has 2 aliphatic heterocycles. The molecule has 1 atom stereocenters. The summed E-state index contributed by atoms with van der Waals surface area (Å²) < 4.78 is 46.0. The van der Waals surface area contributed by atoms with Crippen molar-refractivity contribution in [3.05, 3.63) is 64.5 Å². The second-order valence-corrected chi connectivity index (χ2v) is 7.00. The van der Waals surface area contributed by atoms with Crippen molar-refractivity contribution in [3.8, 4) is 17.6 Å². The van der Waals surface area contributed by atoms with Crippen LogP contribution in [0, 0.1) is 29.3 Å². The molecule has 4 rings (SSSR count). The van der Waals surface area contributed by atoms with Gasteiger partial charge in [-0.25, -0.2) is 18.0 Å². The lowest BCUT2D eigenvalue weighted by Gasteiger charge is -2.26. The van der Waals surface area contributed by atoms with Gasteiger partial charge >= 0.3 is 6.03 Å². The smallest absolute Gasteiger partial charge is 0.323 e. The zero-order valence-corrected chi connectivity index (χ0v) is 16.0. The first-order valence-electron chi connectivity index (χ1n) is 9.00. The number of benzene rings is 2. The molecule has 31 heavy (non-hydrogen) atoms. The van der Waals surface area contributed by atoms with Crippen molar-refractivity contribution in [3.63, 3.8) is 0 Å². The number of halogens is 3. The fraction of sp³-hybridized carbons (Fsp3) is 0.190. The lowest BCUT2D eigenvalue weighted by atomic mass is 9.99. The normalized spacial score (nSPS) is 19.5. The Morgan fingerprint density at radius 1 is 1.16 bits per heavy atom. The predicted octanol–water partition coefficient (Wildman–Crippen LogP) is 1.70. The van der Waals surface area contributed by atoms with Crippen LogP contribution in [-0.2, 0) is 11.3 Å². The Morgan fingerprint density at radius 2 is 1.94 bits per heavy atom. The number of hydrogen-bond acceptors (Lipinski definition) is 4. The van der Waals surface area contributed by atoms with Gasteiger partial charge in [0.25, 0.3) is 11.8 Å². The number of nitrogens with zero attached hydrogens (tertiary/aromatic N) is 1. The van der Waals surface area contributed by atoms with Gasteiger partial charge in [-0.2, -0.15) is 0 Å². The summed E-state index contributed by atoms with van der Waals surface area (Å²) in [7, 11) is 1.45. The van der Waals surface area contributed by atoms with Gasteiger partial charge in [0, 0.05) is 18.2 Å². The summed E-state index contributed by atoms with van der Waals surface area (Å²) in [6, 6.07) is 5.08. The molecule has 1 fully saturated rings. The van der Waals surface area contributed by atoms with Crippen molar-refractivity contribution in [2.45, 2.75) is 12.1 Å². The Hall–Kier alpha value is -4.00. The van der Waals surface area contributed by atoms with Crippen LogP contribution in [0.25, 0.3) is 0 Å². The van der Waals surface area contributed by atoms with Gasteiger partial charge in [0.15, 0.2) is 11.6 Å². The lowest BCUT2D eigenvalue weighted by molar-refractivity contribution is -0.122. The van der Waals surface area contributed by atoms with E-state index in [2.05, 4.69) is 17.2 Å². The molecule has 2 aliphatic rings. The molecule has 1 saturated heterocycles. The number of amides is 4. The summed E-state index contributed by atoms with van der Waals surface area (Å²) in [5.74, 6) is -0.112. The molecular weight excluding hydrogens is 415 g/mol. The zero-order chi connectivity index (χ0) is 22.3. The third kappa shape index (κ3) is 3.54. The maximum Gasteiger partial charge on any atom is 0.323 e. The first-order valence-corrected chi connectivity index (χ1v) is 9.00. The minimum absolute atomic E-state index is 0.133. The van der Waals surface area contributed by atoms with E-state index in [0.717, 1.165) is 0 Å². The van der Waals surface area contributed by atoms with E-state index in [0.29, 0.717) is 29.0 Å². The van der Waals surface area contributed by atoms with Crippen molar-refractivity contribution >= 4 is 17.8 Å². The number of hydrogen-bond donors (Lipinski definition) is 2. The molecule has 4 amide bonds. The zero-order valence-electron chi connectivity index (χ0n) is 16.0. The molecule has 0 radical (unpaired) electrons. The maximum atomic E-state index is 14.0. The van der Waals surface area contributed by atoms with E-state index in [9.17, 15) is 27.6 Å². The highest BCUT2D eigenvalue weighted by Crippen LogP contribution is 2.28. The summed E-state index contributed by atoms with van der Waals surface area (Å²) in [6.07, 6.45) is 0. The van der Waals surface area contributed by atoms with Crippen molar-refractivity contribution in [1.29, 1.82) is 0 Å². The molecule has 2 heterocycles. The van der Waals surface area contributed by atoms with Crippen LogP contribution in [0.3, 0.4) is 0 Å². The average Bonchev–Trinajstić information content (AvgIpc) is 3.18. The summed E-state index contributed by atoms with van der Waals surface area (Å²) in [4.78, 5) is 38.4. The summed E-state index contributed by atoms with van der Waals surface area (Å²) in [5.41, 5.74) is -1.53. The van der Waals surface area contributed by atoms with E-state index in [-0.39, 0.29) is 13.1 Å². The molecule has 10 heteroatoms. The number of carbonyl (C=O) groups is 3. The summed E-state index contributed by atoms with van der Waals surface area (Å²) >= 11 is 0. The van der Waals surface area contributed by atoms with Crippen molar-refractivity contribution in [2.75, 3.05) is 13.7 Å². The molecule has 0 bridgehead atoms.